The zero-order chi connectivity index (χ0) is 13.8. The fraction of sp³-hybridized carbons (Fsp3) is 0.667. The van der Waals surface area contributed by atoms with E-state index in [2.05, 4.69) is 6.58 Å². The number of likely N-dealkylation sites (N-methyl/N-ethyl adjacent to an activating group) is 1. The summed E-state index contributed by atoms with van der Waals surface area (Å²) in [6.45, 7) is 10.4. The van der Waals surface area contributed by atoms with E-state index in [0.29, 0.717) is 0 Å². The van der Waals surface area contributed by atoms with E-state index in [-0.39, 0.29) is 5.92 Å². The summed E-state index contributed by atoms with van der Waals surface area (Å²) in [4.78, 5) is 23.9. The van der Waals surface area contributed by atoms with Gasteiger partial charge in [-0.2, -0.15) is 0 Å². The number of carboxylic acids is 1. The summed E-state index contributed by atoms with van der Waals surface area (Å²) in [7, 11) is 1.41. The Morgan fingerprint density at radius 3 is 2.18 bits per heavy atom. The number of ether oxygens (including phenoxy) is 1. The van der Waals surface area contributed by atoms with Crippen LogP contribution in [-0.4, -0.2) is 40.8 Å². The molecule has 2 atom stereocenters. The number of rotatable bonds is 4. The van der Waals surface area contributed by atoms with Crippen LogP contribution in [0.4, 0.5) is 4.79 Å². The quantitative estimate of drug-likeness (QED) is 0.768. The van der Waals surface area contributed by atoms with E-state index in [4.69, 9.17) is 9.84 Å². The number of carbonyl (C=O) groups is 2. The number of hydrogen-bond donors (Lipinski definition) is 1. The summed E-state index contributed by atoms with van der Waals surface area (Å²) in [5.41, 5.74) is -0.647. The number of nitrogens with zero attached hydrogens (tertiary/aromatic N) is 1. The number of hydrogen-bond acceptors (Lipinski definition) is 3. The maximum absolute atomic E-state index is 11.7. The molecular weight excluding hydrogens is 222 g/mol. The van der Waals surface area contributed by atoms with Crippen LogP contribution in [0.1, 0.15) is 27.7 Å². The highest BCUT2D eigenvalue weighted by Crippen LogP contribution is 2.15. The predicted molar refractivity (Wildman–Crippen MR) is 64.8 cm³/mol. The normalized spacial score (nSPS) is 14.6. The molecular formula is C12H21NO4. The Bertz CT molecular complexity index is 306. The second kappa shape index (κ2) is 5.70. The van der Waals surface area contributed by atoms with Gasteiger partial charge in [0.1, 0.15) is 11.6 Å². The minimum Gasteiger partial charge on any atom is -0.480 e. The lowest BCUT2D eigenvalue weighted by Gasteiger charge is -2.30. The van der Waals surface area contributed by atoms with Gasteiger partial charge < -0.3 is 9.84 Å². The molecule has 0 aromatic rings. The van der Waals surface area contributed by atoms with Crippen molar-refractivity contribution in [3.63, 3.8) is 0 Å². The molecule has 0 aromatic carbocycles. The highest BCUT2D eigenvalue weighted by atomic mass is 16.6. The van der Waals surface area contributed by atoms with Crippen molar-refractivity contribution in [2.24, 2.45) is 5.92 Å². The third-order valence-corrected chi connectivity index (χ3v) is 2.22. The topological polar surface area (TPSA) is 66.8 Å². The summed E-state index contributed by atoms with van der Waals surface area (Å²) in [6.07, 6.45) is 0.846. The smallest absolute Gasteiger partial charge is 0.410 e. The number of carboxylic acid groups (broad SMARTS) is 1. The molecule has 1 N–H and O–H groups in total. The zero-order valence-corrected chi connectivity index (χ0v) is 11.1. The molecule has 0 unspecified atom stereocenters. The lowest BCUT2D eigenvalue weighted by molar-refractivity contribution is -0.143. The Morgan fingerprint density at radius 2 is 1.88 bits per heavy atom. The van der Waals surface area contributed by atoms with Gasteiger partial charge in [-0.15, -0.1) is 6.58 Å². The maximum Gasteiger partial charge on any atom is 0.410 e. The van der Waals surface area contributed by atoms with Crippen molar-refractivity contribution >= 4 is 12.1 Å². The van der Waals surface area contributed by atoms with Crippen LogP contribution in [0.15, 0.2) is 12.7 Å². The Hall–Kier alpha value is -1.52. The van der Waals surface area contributed by atoms with Crippen molar-refractivity contribution in [2.45, 2.75) is 39.3 Å². The molecule has 0 radical (unpaired) electrons. The number of aliphatic carboxylic acids is 1. The molecule has 0 aromatic heterocycles. The molecule has 0 aliphatic rings. The first-order valence-corrected chi connectivity index (χ1v) is 5.41. The van der Waals surface area contributed by atoms with Crippen LogP contribution in [-0.2, 0) is 9.53 Å². The molecule has 0 aliphatic carbocycles. The van der Waals surface area contributed by atoms with E-state index in [0.717, 1.165) is 4.90 Å². The average Bonchev–Trinajstić information content (AvgIpc) is 2.14. The molecule has 0 aliphatic heterocycles. The van der Waals surface area contributed by atoms with Crippen LogP contribution >= 0.6 is 0 Å². The first kappa shape index (κ1) is 15.5. The summed E-state index contributed by atoms with van der Waals surface area (Å²) in [6, 6.07) is -0.970. The van der Waals surface area contributed by atoms with Crippen molar-refractivity contribution in [3.05, 3.63) is 12.7 Å². The Balaban J connectivity index is 4.85. The van der Waals surface area contributed by atoms with Crippen molar-refractivity contribution in [1.82, 2.24) is 4.90 Å². The van der Waals surface area contributed by atoms with E-state index in [1.165, 1.54) is 13.1 Å². The van der Waals surface area contributed by atoms with E-state index in [1.54, 1.807) is 27.7 Å². The molecule has 17 heavy (non-hydrogen) atoms. The lowest BCUT2D eigenvalue weighted by Crippen LogP contribution is -2.47. The van der Waals surface area contributed by atoms with E-state index < -0.39 is 23.7 Å². The van der Waals surface area contributed by atoms with Crippen molar-refractivity contribution < 1.29 is 19.4 Å². The second-order valence-electron chi connectivity index (χ2n) is 4.97. The summed E-state index contributed by atoms with van der Waals surface area (Å²) in [5.74, 6) is -1.43. The third kappa shape index (κ3) is 4.89. The molecule has 0 rings (SSSR count). The van der Waals surface area contributed by atoms with Crippen molar-refractivity contribution in [2.75, 3.05) is 7.05 Å². The molecule has 0 bridgehead atoms. The Morgan fingerprint density at radius 1 is 1.41 bits per heavy atom. The predicted octanol–water partition coefficient (Wildman–Crippen LogP) is 2.13. The highest BCUT2D eigenvalue weighted by molar-refractivity contribution is 5.80. The van der Waals surface area contributed by atoms with Gasteiger partial charge in [0.05, 0.1) is 0 Å². The van der Waals surface area contributed by atoms with Gasteiger partial charge in [0.2, 0.25) is 0 Å². The molecule has 0 saturated carbocycles. The van der Waals surface area contributed by atoms with Crippen molar-refractivity contribution in [3.8, 4) is 0 Å². The van der Waals surface area contributed by atoms with Gasteiger partial charge in [0.15, 0.2) is 0 Å². The second-order valence-corrected chi connectivity index (χ2v) is 4.97. The minimum atomic E-state index is -1.08. The lowest BCUT2D eigenvalue weighted by atomic mass is 10.0. The minimum absolute atomic E-state index is 0.356. The van der Waals surface area contributed by atoms with Crippen LogP contribution < -0.4 is 0 Å². The number of carbonyl (C=O) groups excluding carboxylic acids is 1. The van der Waals surface area contributed by atoms with Crippen molar-refractivity contribution in [1.29, 1.82) is 0 Å². The monoisotopic (exact) mass is 243 g/mol. The zero-order valence-electron chi connectivity index (χ0n) is 11.1. The highest BCUT2D eigenvalue weighted by Gasteiger charge is 2.32. The van der Waals surface area contributed by atoms with Gasteiger partial charge in [-0.25, -0.2) is 9.59 Å². The fourth-order valence-electron chi connectivity index (χ4n) is 1.32. The fourth-order valence-corrected chi connectivity index (χ4v) is 1.32. The molecule has 98 valence electrons. The summed E-state index contributed by atoms with van der Waals surface area (Å²) in [5, 5.41) is 9.10. The third-order valence-electron chi connectivity index (χ3n) is 2.22. The van der Waals surface area contributed by atoms with Crippen LogP contribution in [0.2, 0.25) is 0 Å². The van der Waals surface area contributed by atoms with E-state index in [1.807, 2.05) is 0 Å². The number of amides is 1. The Labute approximate surface area is 102 Å². The van der Waals surface area contributed by atoms with E-state index in [9.17, 15) is 9.59 Å². The molecule has 0 spiro atoms. The van der Waals surface area contributed by atoms with Gasteiger partial charge in [0.25, 0.3) is 0 Å². The molecule has 5 nitrogen and oxygen atoms in total. The first-order valence-electron chi connectivity index (χ1n) is 5.41. The molecule has 1 amide bonds. The summed E-state index contributed by atoms with van der Waals surface area (Å²) < 4.78 is 5.11. The molecule has 0 heterocycles. The van der Waals surface area contributed by atoms with Gasteiger partial charge in [-0.1, -0.05) is 13.0 Å². The van der Waals surface area contributed by atoms with Gasteiger partial charge >= 0.3 is 12.1 Å². The van der Waals surface area contributed by atoms with E-state index >= 15 is 0 Å². The van der Waals surface area contributed by atoms with Gasteiger partial charge in [0, 0.05) is 13.0 Å². The molecule has 0 saturated heterocycles. The Kier molecular flexibility index (Phi) is 5.19. The first-order chi connectivity index (χ1) is 7.60. The average molecular weight is 243 g/mol. The van der Waals surface area contributed by atoms with Gasteiger partial charge in [-0.05, 0) is 20.8 Å². The molecule has 0 fully saturated rings. The van der Waals surface area contributed by atoms with Crippen LogP contribution in [0.25, 0.3) is 0 Å². The molecule has 5 heteroatoms. The maximum atomic E-state index is 11.7. The summed E-state index contributed by atoms with van der Waals surface area (Å²) >= 11 is 0. The largest absolute Gasteiger partial charge is 0.480 e. The van der Waals surface area contributed by atoms with Crippen LogP contribution in [0, 0.1) is 5.92 Å². The van der Waals surface area contributed by atoms with Crippen LogP contribution in [0.3, 0.4) is 0 Å². The van der Waals surface area contributed by atoms with Crippen LogP contribution in [0.5, 0.6) is 0 Å². The van der Waals surface area contributed by atoms with Gasteiger partial charge in [-0.3, -0.25) is 4.90 Å². The standard InChI is InChI=1S/C12H21NO4/c1-7-8(2)9(10(14)15)13(6)11(16)17-12(3,4)5/h7-9H,1H2,2-6H3,(H,14,15)/t8-,9+/m1/s1. The SMILES string of the molecule is C=C[C@@H](C)[C@@H](C(=O)O)N(C)C(=O)OC(C)(C)C.